The van der Waals surface area contributed by atoms with Gasteiger partial charge < -0.3 is 10.2 Å². The number of aromatic nitrogens is 2. The van der Waals surface area contributed by atoms with E-state index in [9.17, 15) is 8.42 Å². The van der Waals surface area contributed by atoms with E-state index in [0.29, 0.717) is 37.0 Å². The lowest BCUT2D eigenvalue weighted by Crippen LogP contribution is -2.49. The van der Waals surface area contributed by atoms with Gasteiger partial charge in [-0.25, -0.2) is 13.4 Å². The average Bonchev–Trinajstić information content (AvgIpc) is 2.75. The summed E-state index contributed by atoms with van der Waals surface area (Å²) in [7, 11) is -3.49. The van der Waals surface area contributed by atoms with Crippen LogP contribution in [0.25, 0.3) is 0 Å². The number of hydrogen-bond acceptors (Lipinski definition) is 6. The summed E-state index contributed by atoms with van der Waals surface area (Å²) in [5.41, 5.74) is 3.91. The van der Waals surface area contributed by atoms with Gasteiger partial charge in [0.1, 0.15) is 5.82 Å². The predicted octanol–water partition coefficient (Wildman–Crippen LogP) is 3.66. The Morgan fingerprint density at radius 3 is 2.23 bits per heavy atom. The van der Waals surface area contributed by atoms with Gasteiger partial charge in [0.05, 0.1) is 4.90 Å². The molecule has 4 rings (SSSR count). The molecule has 8 heteroatoms. The van der Waals surface area contributed by atoms with Crippen molar-refractivity contribution < 1.29 is 8.42 Å². The van der Waals surface area contributed by atoms with Crippen molar-refractivity contribution in [3.05, 3.63) is 71.4 Å². The molecule has 2 heterocycles. The van der Waals surface area contributed by atoms with Crippen LogP contribution in [0.2, 0.25) is 0 Å². The molecule has 0 spiro atoms. The van der Waals surface area contributed by atoms with Crippen LogP contribution in [0, 0.1) is 20.8 Å². The summed E-state index contributed by atoms with van der Waals surface area (Å²) in [6.07, 6.45) is 0. The molecule has 0 radical (unpaired) electrons. The van der Waals surface area contributed by atoms with Crippen LogP contribution in [-0.4, -0.2) is 48.9 Å². The summed E-state index contributed by atoms with van der Waals surface area (Å²) in [5, 5.41) is 3.26. The molecule has 1 N–H and O–H groups in total. The Hall–Kier alpha value is -2.97. The number of anilines is 3. The highest BCUT2D eigenvalue weighted by Gasteiger charge is 2.29. The molecule has 0 saturated carbocycles. The van der Waals surface area contributed by atoms with Gasteiger partial charge in [0.2, 0.25) is 16.0 Å². The van der Waals surface area contributed by atoms with Gasteiger partial charge in [-0.3, -0.25) is 0 Å². The first-order valence-corrected chi connectivity index (χ1v) is 11.8. The summed E-state index contributed by atoms with van der Waals surface area (Å²) < 4.78 is 27.5. The monoisotopic (exact) mass is 437 g/mol. The van der Waals surface area contributed by atoms with Crippen LogP contribution >= 0.6 is 0 Å². The fourth-order valence-electron chi connectivity index (χ4n) is 3.62. The van der Waals surface area contributed by atoms with E-state index in [1.807, 2.05) is 57.2 Å². The molecule has 1 aromatic heterocycles. The van der Waals surface area contributed by atoms with Crippen molar-refractivity contribution in [2.45, 2.75) is 25.7 Å². The topological polar surface area (TPSA) is 78.4 Å². The van der Waals surface area contributed by atoms with Crippen molar-refractivity contribution in [3.8, 4) is 0 Å². The number of piperazine rings is 1. The first kappa shape index (κ1) is 21.3. The minimum absolute atomic E-state index is 0.350. The Balaban J connectivity index is 1.47. The number of benzene rings is 2. The standard InChI is InChI=1S/C23H27N5O2S/c1-17-7-9-20(10-8-17)25-23-24-19(3)16-22(26-23)27-11-13-28(14-12-27)31(29,30)21-6-4-5-18(2)15-21/h4-10,15-16H,11-14H2,1-3H3,(H,24,25,26). The van der Waals surface area contributed by atoms with Crippen molar-refractivity contribution in [2.75, 3.05) is 36.4 Å². The lowest BCUT2D eigenvalue weighted by molar-refractivity contribution is 0.383. The van der Waals surface area contributed by atoms with E-state index in [1.54, 1.807) is 22.5 Å². The van der Waals surface area contributed by atoms with Crippen molar-refractivity contribution >= 4 is 27.5 Å². The summed E-state index contributed by atoms with van der Waals surface area (Å²) in [6, 6.07) is 17.1. The van der Waals surface area contributed by atoms with Crippen molar-refractivity contribution in [1.29, 1.82) is 0 Å². The SMILES string of the molecule is Cc1ccc(Nc2nc(C)cc(N3CCN(S(=O)(=O)c4cccc(C)c4)CC3)n2)cc1. The normalized spacial score (nSPS) is 15.1. The lowest BCUT2D eigenvalue weighted by Gasteiger charge is -2.34. The maximum absolute atomic E-state index is 13.0. The molecule has 1 aliphatic heterocycles. The van der Waals surface area contributed by atoms with E-state index in [1.165, 1.54) is 5.56 Å². The number of hydrogen-bond donors (Lipinski definition) is 1. The van der Waals surface area contributed by atoms with Crippen LogP contribution in [0.1, 0.15) is 16.8 Å². The van der Waals surface area contributed by atoms with Crippen LogP contribution in [0.4, 0.5) is 17.5 Å². The van der Waals surface area contributed by atoms with Gasteiger partial charge in [-0.2, -0.15) is 9.29 Å². The zero-order chi connectivity index (χ0) is 22.0. The third kappa shape index (κ3) is 4.86. The summed E-state index contributed by atoms with van der Waals surface area (Å²) >= 11 is 0. The number of aryl methyl sites for hydroxylation is 3. The van der Waals surface area contributed by atoms with E-state index in [4.69, 9.17) is 0 Å². The number of sulfonamides is 1. The molecular formula is C23H27N5O2S. The van der Waals surface area contributed by atoms with Gasteiger partial charge in [0.15, 0.2) is 0 Å². The summed E-state index contributed by atoms with van der Waals surface area (Å²) in [5.74, 6) is 1.34. The van der Waals surface area contributed by atoms with Gasteiger partial charge in [-0.1, -0.05) is 29.8 Å². The van der Waals surface area contributed by atoms with E-state index < -0.39 is 10.0 Å². The van der Waals surface area contributed by atoms with Crippen molar-refractivity contribution in [1.82, 2.24) is 14.3 Å². The first-order chi connectivity index (χ1) is 14.8. The van der Waals surface area contributed by atoms with Gasteiger partial charge in [-0.15, -0.1) is 0 Å². The number of rotatable bonds is 5. The molecule has 0 bridgehead atoms. The van der Waals surface area contributed by atoms with Crippen LogP contribution in [-0.2, 0) is 10.0 Å². The highest BCUT2D eigenvalue weighted by Crippen LogP contribution is 2.23. The Kier molecular flexibility index (Phi) is 5.93. The molecule has 2 aromatic carbocycles. The maximum Gasteiger partial charge on any atom is 0.243 e. The number of nitrogens with zero attached hydrogens (tertiary/aromatic N) is 4. The van der Waals surface area contributed by atoms with E-state index in [-0.39, 0.29) is 0 Å². The molecule has 0 aliphatic carbocycles. The molecule has 0 unspecified atom stereocenters. The van der Waals surface area contributed by atoms with Crippen LogP contribution < -0.4 is 10.2 Å². The highest BCUT2D eigenvalue weighted by atomic mass is 32.2. The molecule has 1 fully saturated rings. The quantitative estimate of drug-likeness (QED) is 0.656. The van der Waals surface area contributed by atoms with Crippen molar-refractivity contribution in [3.63, 3.8) is 0 Å². The zero-order valence-corrected chi connectivity index (χ0v) is 18.9. The molecule has 0 atom stereocenters. The third-order valence-corrected chi connectivity index (χ3v) is 7.23. The van der Waals surface area contributed by atoms with Gasteiger partial charge in [0, 0.05) is 43.6 Å². The van der Waals surface area contributed by atoms with Crippen LogP contribution in [0.3, 0.4) is 0 Å². The fourth-order valence-corrected chi connectivity index (χ4v) is 5.15. The average molecular weight is 438 g/mol. The third-order valence-electron chi connectivity index (χ3n) is 5.34. The predicted molar refractivity (Wildman–Crippen MR) is 123 cm³/mol. The van der Waals surface area contributed by atoms with E-state index in [2.05, 4.69) is 20.2 Å². The van der Waals surface area contributed by atoms with Crippen LogP contribution in [0.5, 0.6) is 0 Å². The smallest absolute Gasteiger partial charge is 0.243 e. The molecule has 1 saturated heterocycles. The van der Waals surface area contributed by atoms with Crippen LogP contribution in [0.15, 0.2) is 59.5 Å². The summed E-state index contributed by atoms with van der Waals surface area (Å²) in [4.78, 5) is 11.6. The Labute approximate surface area is 183 Å². The van der Waals surface area contributed by atoms with Crippen molar-refractivity contribution in [2.24, 2.45) is 0 Å². The molecule has 7 nitrogen and oxygen atoms in total. The van der Waals surface area contributed by atoms with E-state index in [0.717, 1.165) is 22.8 Å². The molecule has 31 heavy (non-hydrogen) atoms. The largest absolute Gasteiger partial charge is 0.354 e. The first-order valence-electron chi connectivity index (χ1n) is 10.3. The summed E-state index contributed by atoms with van der Waals surface area (Å²) in [6.45, 7) is 7.86. The molecule has 3 aromatic rings. The molecule has 0 amide bonds. The molecule has 162 valence electrons. The highest BCUT2D eigenvalue weighted by molar-refractivity contribution is 7.89. The molecular weight excluding hydrogens is 410 g/mol. The fraction of sp³-hybridized carbons (Fsp3) is 0.304. The number of nitrogens with one attached hydrogen (secondary N) is 1. The Morgan fingerprint density at radius 2 is 1.55 bits per heavy atom. The van der Waals surface area contributed by atoms with Gasteiger partial charge in [-0.05, 0) is 50.6 Å². The zero-order valence-electron chi connectivity index (χ0n) is 18.0. The second-order valence-corrected chi connectivity index (χ2v) is 9.83. The second kappa shape index (κ2) is 8.64. The maximum atomic E-state index is 13.0. The molecule has 1 aliphatic rings. The van der Waals surface area contributed by atoms with Gasteiger partial charge in [0.25, 0.3) is 0 Å². The second-order valence-electron chi connectivity index (χ2n) is 7.89. The minimum Gasteiger partial charge on any atom is -0.354 e. The Bertz CT molecular complexity index is 1170. The lowest BCUT2D eigenvalue weighted by atomic mass is 10.2. The van der Waals surface area contributed by atoms with Gasteiger partial charge >= 0.3 is 0 Å². The van der Waals surface area contributed by atoms with E-state index >= 15 is 0 Å². The minimum atomic E-state index is -3.49. The Morgan fingerprint density at radius 1 is 0.839 bits per heavy atom.